The summed E-state index contributed by atoms with van der Waals surface area (Å²) in [6, 6.07) is 1.79. The molecule has 0 spiro atoms. The van der Waals surface area contributed by atoms with Gasteiger partial charge in [0.05, 0.1) is 5.75 Å². The molecule has 1 aromatic heterocycles. The molecule has 0 amide bonds. The number of carbonyl (C=O) groups is 1. The van der Waals surface area contributed by atoms with Gasteiger partial charge >= 0.3 is 5.97 Å². The molecule has 0 atom stereocenters. The molecule has 0 unspecified atom stereocenters. The number of carboxylic acid groups (broad SMARTS) is 1. The maximum atomic E-state index is 11.3. The van der Waals surface area contributed by atoms with Gasteiger partial charge in [0.2, 0.25) is 0 Å². The molecule has 1 heterocycles. The minimum absolute atomic E-state index is 0.0663. The SMILES string of the molecule is O=C(O)CSc1nc(=O)ccn1C1CCCCC1. The number of hydrogen-bond acceptors (Lipinski definition) is 4. The van der Waals surface area contributed by atoms with Crippen LogP contribution in [0.3, 0.4) is 0 Å². The van der Waals surface area contributed by atoms with Crippen LogP contribution < -0.4 is 5.56 Å². The van der Waals surface area contributed by atoms with Crippen LogP contribution in [0.5, 0.6) is 0 Å². The van der Waals surface area contributed by atoms with E-state index in [2.05, 4.69) is 4.98 Å². The zero-order chi connectivity index (χ0) is 13.0. The van der Waals surface area contributed by atoms with Gasteiger partial charge in [-0.3, -0.25) is 9.59 Å². The molecule has 1 aliphatic carbocycles. The Bertz CT molecular complexity index is 480. The number of thioether (sulfide) groups is 1. The van der Waals surface area contributed by atoms with Crippen molar-refractivity contribution >= 4 is 17.7 Å². The van der Waals surface area contributed by atoms with E-state index in [1.165, 1.54) is 25.3 Å². The van der Waals surface area contributed by atoms with Crippen LogP contribution in [0.4, 0.5) is 0 Å². The van der Waals surface area contributed by atoms with Crippen LogP contribution in [0.25, 0.3) is 0 Å². The van der Waals surface area contributed by atoms with E-state index >= 15 is 0 Å². The number of aromatic nitrogens is 2. The van der Waals surface area contributed by atoms with Gasteiger partial charge < -0.3 is 9.67 Å². The number of rotatable bonds is 4. The summed E-state index contributed by atoms with van der Waals surface area (Å²) in [7, 11) is 0. The second kappa shape index (κ2) is 6.04. The molecule has 0 saturated heterocycles. The van der Waals surface area contributed by atoms with E-state index in [4.69, 9.17) is 5.11 Å². The van der Waals surface area contributed by atoms with E-state index in [9.17, 15) is 9.59 Å². The predicted molar refractivity (Wildman–Crippen MR) is 69.0 cm³/mol. The summed E-state index contributed by atoms with van der Waals surface area (Å²) in [6.45, 7) is 0. The van der Waals surface area contributed by atoms with Gasteiger partial charge in [0.25, 0.3) is 5.56 Å². The lowest BCUT2D eigenvalue weighted by Crippen LogP contribution is -2.20. The molecule has 98 valence electrons. The lowest BCUT2D eigenvalue weighted by atomic mass is 9.95. The fraction of sp³-hybridized carbons (Fsp3) is 0.583. The standard InChI is InChI=1S/C12H16N2O3S/c15-10-6-7-14(9-4-2-1-3-5-9)12(13-10)18-8-11(16)17/h6-7,9H,1-5,8H2,(H,16,17). The molecule has 1 aliphatic rings. The number of nitrogens with zero attached hydrogens (tertiary/aromatic N) is 2. The summed E-state index contributed by atoms with van der Waals surface area (Å²) in [5, 5.41) is 9.23. The Balaban J connectivity index is 2.21. The van der Waals surface area contributed by atoms with E-state index in [1.54, 1.807) is 6.20 Å². The lowest BCUT2D eigenvalue weighted by molar-refractivity contribution is -0.133. The van der Waals surface area contributed by atoms with Crippen LogP contribution in [0, 0.1) is 0 Å². The lowest BCUT2D eigenvalue weighted by Gasteiger charge is -2.26. The van der Waals surface area contributed by atoms with Crippen LogP contribution in [0.2, 0.25) is 0 Å². The summed E-state index contributed by atoms with van der Waals surface area (Å²) in [4.78, 5) is 25.8. The van der Waals surface area contributed by atoms with Crippen molar-refractivity contribution in [1.82, 2.24) is 9.55 Å². The highest BCUT2D eigenvalue weighted by atomic mass is 32.2. The topological polar surface area (TPSA) is 72.2 Å². The van der Waals surface area contributed by atoms with Gasteiger partial charge in [-0.25, -0.2) is 0 Å². The van der Waals surface area contributed by atoms with Gasteiger partial charge in [-0.05, 0) is 12.8 Å². The molecule has 1 saturated carbocycles. The van der Waals surface area contributed by atoms with Gasteiger partial charge in [-0.2, -0.15) is 4.98 Å². The fourth-order valence-corrected chi connectivity index (χ4v) is 3.03. The van der Waals surface area contributed by atoms with Crippen LogP contribution >= 0.6 is 11.8 Å². The van der Waals surface area contributed by atoms with Crippen LogP contribution in [-0.2, 0) is 4.79 Å². The molecule has 6 heteroatoms. The van der Waals surface area contributed by atoms with Crippen molar-refractivity contribution in [2.45, 2.75) is 43.3 Å². The molecular weight excluding hydrogens is 252 g/mol. The largest absolute Gasteiger partial charge is 0.481 e. The van der Waals surface area contributed by atoms with Crippen molar-refractivity contribution < 1.29 is 9.90 Å². The highest BCUT2D eigenvalue weighted by Crippen LogP contribution is 2.30. The van der Waals surface area contributed by atoms with Gasteiger partial charge in [0.15, 0.2) is 5.16 Å². The van der Waals surface area contributed by atoms with Crippen molar-refractivity contribution in [2.24, 2.45) is 0 Å². The van der Waals surface area contributed by atoms with Gasteiger partial charge in [0.1, 0.15) is 0 Å². The summed E-state index contributed by atoms with van der Waals surface area (Å²) in [6.07, 6.45) is 7.51. The molecule has 1 N–H and O–H groups in total. The predicted octanol–water partition coefficient (Wildman–Crippen LogP) is 1.93. The molecule has 0 bridgehead atoms. The molecule has 0 radical (unpaired) electrons. The molecule has 5 nitrogen and oxygen atoms in total. The third-order valence-electron chi connectivity index (χ3n) is 3.10. The zero-order valence-corrected chi connectivity index (χ0v) is 10.9. The molecule has 18 heavy (non-hydrogen) atoms. The van der Waals surface area contributed by atoms with Gasteiger partial charge in [0, 0.05) is 18.3 Å². The Morgan fingerprint density at radius 2 is 2.17 bits per heavy atom. The zero-order valence-electron chi connectivity index (χ0n) is 10.0. The maximum Gasteiger partial charge on any atom is 0.313 e. The van der Waals surface area contributed by atoms with Crippen LogP contribution in [0.1, 0.15) is 38.1 Å². The summed E-state index contributed by atoms with van der Waals surface area (Å²) >= 11 is 1.12. The first kappa shape index (κ1) is 13.1. The van der Waals surface area contributed by atoms with E-state index in [1.807, 2.05) is 4.57 Å². The highest BCUT2D eigenvalue weighted by Gasteiger charge is 2.18. The van der Waals surface area contributed by atoms with Crippen molar-refractivity contribution in [1.29, 1.82) is 0 Å². The molecule has 0 aliphatic heterocycles. The molecular formula is C12H16N2O3S. The van der Waals surface area contributed by atoms with E-state index in [-0.39, 0.29) is 11.3 Å². The van der Waals surface area contributed by atoms with Crippen LogP contribution in [0.15, 0.2) is 22.2 Å². The smallest absolute Gasteiger partial charge is 0.313 e. The second-order valence-electron chi connectivity index (χ2n) is 4.43. The normalized spacial score (nSPS) is 16.7. The highest BCUT2D eigenvalue weighted by molar-refractivity contribution is 7.99. The fourth-order valence-electron chi connectivity index (χ4n) is 2.27. The van der Waals surface area contributed by atoms with Gasteiger partial charge in [-0.1, -0.05) is 31.0 Å². The van der Waals surface area contributed by atoms with Crippen molar-refractivity contribution in [3.8, 4) is 0 Å². The van der Waals surface area contributed by atoms with E-state index in [0.29, 0.717) is 11.2 Å². The van der Waals surface area contributed by atoms with Crippen molar-refractivity contribution in [2.75, 3.05) is 5.75 Å². The minimum Gasteiger partial charge on any atom is -0.481 e. The molecule has 0 aromatic carbocycles. The molecule has 1 fully saturated rings. The monoisotopic (exact) mass is 268 g/mol. The summed E-state index contributed by atoms with van der Waals surface area (Å²) in [5.41, 5.74) is -0.310. The van der Waals surface area contributed by atoms with E-state index < -0.39 is 5.97 Å². The Morgan fingerprint density at radius 3 is 2.83 bits per heavy atom. The Kier molecular flexibility index (Phi) is 4.41. The molecule has 1 aromatic rings. The average molecular weight is 268 g/mol. The number of hydrogen-bond donors (Lipinski definition) is 1. The minimum atomic E-state index is -0.895. The third kappa shape index (κ3) is 3.35. The number of aliphatic carboxylic acids is 1. The van der Waals surface area contributed by atoms with Crippen LogP contribution in [-0.4, -0.2) is 26.4 Å². The Morgan fingerprint density at radius 1 is 1.44 bits per heavy atom. The maximum absolute atomic E-state index is 11.3. The Labute approximate surface area is 109 Å². The summed E-state index contributed by atoms with van der Waals surface area (Å²) in [5.74, 6) is -0.961. The third-order valence-corrected chi connectivity index (χ3v) is 4.05. The van der Waals surface area contributed by atoms with Gasteiger partial charge in [-0.15, -0.1) is 0 Å². The first-order valence-corrected chi connectivity index (χ1v) is 7.09. The molecule has 2 rings (SSSR count). The first-order valence-electron chi connectivity index (χ1n) is 6.10. The van der Waals surface area contributed by atoms with Crippen molar-refractivity contribution in [3.63, 3.8) is 0 Å². The Hall–Kier alpha value is -1.30. The summed E-state index contributed by atoms with van der Waals surface area (Å²) < 4.78 is 1.97. The second-order valence-corrected chi connectivity index (χ2v) is 5.37. The van der Waals surface area contributed by atoms with Crippen molar-refractivity contribution in [3.05, 3.63) is 22.6 Å². The first-order chi connectivity index (χ1) is 8.66. The number of carboxylic acids is 1. The average Bonchev–Trinajstić information content (AvgIpc) is 2.37. The quantitative estimate of drug-likeness (QED) is 0.667. The van der Waals surface area contributed by atoms with E-state index in [0.717, 1.165) is 24.6 Å².